The topological polar surface area (TPSA) is 44.5 Å². The monoisotopic (exact) mass is 171 g/mol. The van der Waals surface area contributed by atoms with Crippen LogP contribution >= 0.6 is 0 Å². The van der Waals surface area contributed by atoms with Gasteiger partial charge in [-0.1, -0.05) is 0 Å². The molecule has 2 aliphatic rings. The molecule has 1 saturated carbocycles. The molecule has 2 rings (SSSR count). The molecule has 2 fully saturated rings. The summed E-state index contributed by atoms with van der Waals surface area (Å²) in [5, 5.41) is 0. The van der Waals surface area contributed by atoms with Gasteiger partial charge in [-0.05, 0) is 13.3 Å². The van der Waals surface area contributed by atoms with Gasteiger partial charge in [-0.3, -0.25) is 0 Å². The maximum absolute atomic E-state index is 5.73. The third-order valence-corrected chi connectivity index (χ3v) is 3.21. The third-order valence-electron chi connectivity index (χ3n) is 3.21. The molecule has 0 aromatic carbocycles. The lowest BCUT2D eigenvalue weighted by Crippen LogP contribution is -2.61. The molecule has 3 nitrogen and oxygen atoms in total. The SMILES string of the molecule is CCOC1(CN)C[C@@H]2OCC[C@@H]21. The third kappa shape index (κ3) is 1.00. The summed E-state index contributed by atoms with van der Waals surface area (Å²) in [5.41, 5.74) is 5.70. The van der Waals surface area contributed by atoms with Gasteiger partial charge in [0, 0.05) is 32.1 Å². The summed E-state index contributed by atoms with van der Waals surface area (Å²) in [6.07, 6.45) is 2.57. The minimum Gasteiger partial charge on any atom is -0.378 e. The molecular weight excluding hydrogens is 154 g/mol. The summed E-state index contributed by atoms with van der Waals surface area (Å²) >= 11 is 0. The molecule has 1 aliphatic carbocycles. The molecule has 0 amide bonds. The average Bonchev–Trinajstić information content (AvgIpc) is 2.44. The summed E-state index contributed by atoms with van der Waals surface area (Å²) in [6.45, 7) is 4.33. The Morgan fingerprint density at radius 2 is 2.50 bits per heavy atom. The van der Waals surface area contributed by atoms with Crippen molar-refractivity contribution in [2.75, 3.05) is 19.8 Å². The molecule has 1 unspecified atom stereocenters. The normalized spacial score (nSPS) is 45.5. The highest BCUT2D eigenvalue weighted by atomic mass is 16.5. The van der Waals surface area contributed by atoms with Crippen molar-refractivity contribution in [3.63, 3.8) is 0 Å². The van der Waals surface area contributed by atoms with Gasteiger partial charge in [0.05, 0.1) is 11.7 Å². The molecule has 0 bridgehead atoms. The van der Waals surface area contributed by atoms with E-state index < -0.39 is 0 Å². The molecule has 1 saturated heterocycles. The molecule has 2 N–H and O–H groups in total. The Bertz CT molecular complexity index is 174. The standard InChI is InChI=1S/C9H17NO2/c1-2-12-9(6-10)5-8-7(9)3-4-11-8/h7-8H,2-6,10H2,1H3/t7-,8-,9?/m0/s1. The summed E-state index contributed by atoms with van der Waals surface area (Å²) in [6, 6.07) is 0. The van der Waals surface area contributed by atoms with Crippen LogP contribution < -0.4 is 5.73 Å². The van der Waals surface area contributed by atoms with E-state index in [1.54, 1.807) is 0 Å². The summed E-state index contributed by atoms with van der Waals surface area (Å²) in [5.74, 6) is 0.572. The van der Waals surface area contributed by atoms with Gasteiger partial charge in [0.2, 0.25) is 0 Å². The predicted molar refractivity (Wildman–Crippen MR) is 45.9 cm³/mol. The van der Waals surface area contributed by atoms with Gasteiger partial charge in [-0.25, -0.2) is 0 Å². The van der Waals surface area contributed by atoms with Crippen molar-refractivity contribution in [1.29, 1.82) is 0 Å². The fourth-order valence-electron chi connectivity index (χ4n) is 2.53. The molecule has 70 valence electrons. The van der Waals surface area contributed by atoms with Crippen molar-refractivity contribution in [2.45, 2.75) is 31.5 Å². The first kappa shape index (κ1) is 8.48. The smallest absolute Gasteiger partial charge is 0.0882 e. The van der Waals surface area contributed by atoms with Crippen LogP contribution in [0.15, 0.2) is 0 Å². The second-order valence-corrected chi connectivity index (χ2v) is 3.71. The molecular formula is C9H17NO2. The first-order valence-electron chi connectivity index (χ1n) is 4.78. The first-order chi connectivity index (χ1) is 5.82. The zero-order chi connectivity index (χ0) is 8.60. The Labute approximate surface area is 73.2 Å². The van der Waals surface area contributed by atoms with Crippen LogP contribution in [0.5, 0.6) is 0 Å². The molecule has 3 heteroatoms. The number of hydrogen-bond donors (Lipinski definition) is 1. The van der Waals surface area contributed by atoms with E-state index in [0.29, 0.717) is 18.6 Å². The van der Waals surface area contributed by atoms with Gasteiger partial charge in [-0.2, -0.15) is 0 Å². The van der Waals surface area contributed by atoms with Gasteiger partial charge < -0.3 is 15.2 Å². The summed E-state index contributed by atoms with van der Waals surface area (Å²) < 4.78 is 11.2. The van der Waals surface area contributed by atoms with Gasteiger partial charge in [0.15, 0.2) is 0 Å². The van der Waals surface area contributed by atoms with Crippen molar-refractivity contribution in [3.05, 3.63) is 0 Å². The Balaban J connectivity index is 2.01. The van der Waals surface area contributed by atoms with Crippen LogP contribution in [0, 0.1) is 5.92 Å². The van der Waals surface area contributed by atoms with E-state index >= 15 is 0 Å². The number of nitrogens with two attached hydrogens (primary N) is 1. The quantitative estimate of drug-likeness (QED) is 0.673. The molecule has 0 spiro atoms. The highest BCUT2D eigenvalue weighted by molar-refractivity contribution is 5.07. The van der Waals surface area contributed by atoms with Crippen molar-refractivity contribution >= 4 is 0 Å². The zero-order valence-electron chi connectivity index (χ0n) is 7.58. The number of ether oxygens (including phenoxy) is 2. The fraction of sp³-hybridized carbons (Fsp3) is 1.00. The average molecular weight is 171 g/mol. The van der Waals surface area contributed by atoms with Crippen LogP contribution in [0.3, 0.4) is 0 Å². The van der Waals surface area contributed by atoms with Crippen molar-refractivity contribution < 1.29 is 9.47 Å². The summed E-state index contributed by atoms with van der Waals surface area (Å²) in [4.78, 5) is 0. The second kappa shape index (κ2) is 2.98. The first-order valence-corrected chi connectivity index (χ1v) is 4.78. The van der Waals surface area contributed by atoms with E-state index in [4.69, 9.17) is 15.2 Å². The predicted octanol–water partition coefficient (Wildman–Crippen LogP) is 0.529. The fourth-order valence-corrected chi connectivity index (χ4v) is 2.53. The molecule has 0 aromatic rings. The van der Waals surface area contributed by atoms with Crippen LogP contribution in [0.2, 0.25) is 0 Å². The van der Waals surface area contributed by atoms with Crippen LogP contribution in [0.25, 0.3) is 0 Å². The Morgan fingerprint density at radius 3 is 3.08 bits per heavy atom. The molecule has 1 heterocycles. The van der Waals surface area contributed by atoms with Gasteiger partial charge in [0.25, 0.3) is 0 Å². The number of fused-ring (bicyclic) bond motifs is 1. The van der Waals surface area contributed by atoms with Gasteiger partial charge in [0.1, 0.15) is 0 Å². The molecule has 0 aromatic heterocycles. The van der Waals surface area contributed by atoms with E-state index in [2.05, 4.69) is 0 Å². The Kier molecular flexibility index (Phi) is 2.10. The van der Waals surface area contributed by atoms with E-state index in [-0.39, 0.29) is 5.60 Å². The van der Waals surface area contributed by atoms with Crippen molar-refractivity contribution in [3.8, 4) is 0 Å². The minimum absolute atomic E-state index is 0.0318. The second-order valence-electron chi connectivity index (χ2n) is 3.71. The van der Waals surface area contributed by atoms with Crippen LogP contribution in [0.1, 0.15) is 19.8 Å². The van der Waals surface area contributed by atoms with Crippen LogP contribution in [-0.4, -0.2) is 31.5 Å². The number of rotatable bonds is 3. The largest absolute Gasteiger partial charge is 0.378 e. The van der Waals surface area contributed by atoms with E-state index in [9.17, 15) is 0 Å². The lowest BCUT2D eigenvalue weighted by Gasteiger charge is -2.50. The van der Waals surface area contributed by atoms with Crippen LogP contribution in [-0.2, 0) is 9.47 Å². The van der Waals surface area contributed by atoms with E-state index in [1.807, 2.05) is 6.92 Å². The maximum atomic E-state index is 5.73. The molecule has 1 aliphatic heterocycles. The van der Waals surface area contributed by atoms with E-state index in [1.165, 1.54) is 0 Å². The Morgan fingerprint density at radius 1 is 1.67 bits per heavy atom. The highest BCUT2D eigenvalue weighted by Gasteiger charge is 2.56. The molecule has 3 atom stereocenters. The molecule has 12 heavy (non-hydrogen) atoms. The van der Waals surface area contributed by atoms with Crippen molar-refractivity contribution in [2.24, 2.45) is 11.7 Å². The maximum Gasteiger partial charge on any atom is 0.0882 e. The lowest BCUT2D eigenvalue weighted by molar-refractivity contribution is -0.179. The Hall–Kier alpha value is -0.120. The lowest BCUT2D eigenvalue weighted by atomic mass is 9.66. The number of hydrogen-bond acceptors (Lipinski definition) is 3. The molecule has 0 radical (unpaired) electrons. The highest BCUT2D eigenvalue weighted by Crippen LogP contribution is 2.48. The van der Waals surface area contributed by atoms with Gasteiger partial charge in [-0.15, -0.1) is 0 Å². The minimum atomic E-state index is -0.0318. The van der Waals surface area contributed by atoms with Crippen molar-refractivity contribution in [1.82, 2.24) is 0 Å². The van der Waals surface area contributed by atoms with Crippen LogP contribution in [0.4, 0.5) is 0 Å². The van der Waals surface area contributed by atoms with Gasteiger partial charge >= 0.3 is 0 Å². The summed E-state index contributed by atoms with van der Waals surface area (Å²) in [7, 11) is 0. The van der Waals surface area contributed by atoms with E-state index in [0.717, 1.165) is 26.1 Å². The zero-order valence-corrected chi connectivity index (χ0v) is 7.58.